The Morgan fingerprint density at radius 1 is 1.53 bits per heavy atom. The first kappa shape index (κ1) is 11.7. The highest BCUT2D eigenvalue weighted by atomic mass is 32.2. The highest BCUT2D eigenvalue weighted by molar-refractivity contribution is 7.92. The molecular formula is C10H11N3O3S. The lowest BCUT2D eigenvalue weighted by Crippen LogP contribution is -2.12. The molecule has 1 aromatic heterocycles. The Kier molecular flexibility index (Phi) is 2.90. The van der Waals surface area contributed by atoms with Gasteiger partial charge in [0.2, 0.25) is 10.0 Å². The molecular weight excluding hydrogens is 242 g/mol. The molecule has 0 aromatic carbocycles. The predicted octanol–water partition coefficient (Wildman–Crippen LogP) is 0.866. The van der Waals surface area contributed by atoms with Crippen molar-refractivity contribution in [3.63, 3.8) is 0 Å². The van der Waals surface area contributed by atoms with Crippen molar-refractivity contribution < 1.29 is 13.2 Å². The van der Waals surface area contributed by atoms with E-state index in [0.29, 0.717) is 5.75 Å². The van der Waals surface area contributed by atoms with Crippen LogP contribution in [0.5, 0.6) is 5.75 Å². The first-order valence-corrected chi connectivity index (χ1v) is 6.91. The number of nitrogens with one attached hydrogen (secondary N) is 1. The van der Waals surface area contributed by atoms with Crippen molar-refractivity contribution in [2.45, 2.75) is 18.9 Å². The van der Waals surface area contributed by atoms with Gasteiger partial charge in [0.05, 0.1) is 30.4 Å². The Morgan fingerprint density at radius 2 is 2.24 bits per heavy atom. The van der Waals surface area contributed by atoms with Crippen LogP contribution in [0, 0.1) is 11.3 Å². The third-order valence-electron chi connectivity index (χ3n) is 2.14. The van der Waals surface area contributed by atoms with Gasteiger partial charge in [0.15, 0.2) is 5.75 Å². The van der Waals surface area contributed by atoms with Crippen LogP contribution < -0.4 is 9.46 Å². The second kappa shape index (κ2) is 4.22. The van der Waals surface area contributed by atoms with E-state index in [1.165, 1.54) is 12.4 Å². The molecule has 1 aliphatic rings. The van der Waals surface area contributed by atoms with Crippen LogP contribution in [0.1, 0.15) is 18.4 Å². The quantitative estimate of drug-likeness (QED) is 0.859. The number of rotatable bonds is 4. The lowest BCUT2D eigenvalue weighted by Gasteiger charge is -2.10. The molecule has 17 heavy (non-hydrogen) atoms. The summed E-state index contributed by atoms with van der Waals surface area (Å²) in [5.41, 5.74) is 0.311. The highest BCUT2D eigenvalue weighted by Crippen LogP contribution is 2.31. The minimum atomic E-state index is -3.44. The zero-order chi connectivity index (χ0) is 12.5. The van der Waals surface area contributed by atoms with Gasteiger partial charge in [-0.3, -0.25) is 9.71 Å². The Hall–Kier alpha value is -1.81. The van der Waals surface area contributed by atoms with E-state index < -0.39 is 10.0 Å². The summed E-state index contributed by atoms with van der Waals surface area (Å²) in [6.45, 7) is 0. The van der Waals surface area contributed by atoms with Crippen molar-refractivity contribution in [2.75, 3.05) is 11.0 Å². The van der Waals surface area contributed by atoms with Crippen LogP contribution in [0.15, 0.2) is 12.4 Å². The third-order valence-corrected chi connectivity index (χ3v) is 2.73. The van der Waals surface area contributed by atoms with E-state index in [9.17, 15) is 8.42 Å². The van der Waals surface area contributed by atoms with Gasteiger partial charge in [0, 0.05) is 0 Å². The largest absolute Gasteiger partial charge is 0.487 e. The second-order valence-electron chi connectivity index (χ2n) is 3.86. The number of hydrogen-bond acceptors (Lipinski definition) is 5. The molecule has 0 atom stereocenters. The maximum Gasteiger partial charge on any atom is 0.229 e. The molecule has 1 aromatic rings. The lowest BCUT2D eigenvalue weighted by molar-refractivity contribution is 0.301. The molecule has 1 saturated carbocycles. The van der Waals surface area contributed by atoms with E-state index in [1.54, 1.807) is 0 Å². The Bertz CT molecular complexity index is 573. The molecule has 0 amide bonds. The highest BCUT2D eigenvalue weighted by Gasteiger charge is 2.25. The smallest absolute Gasteiger partial charge is 0.229 e. The molecule has 0 aliphatic heterocycles. The number of anilines is 1. The molecule has 7 heteroatoms. The summed E-state index contributed by atoms with van der Waals surface area (Å²) < 4.78 is 30.0. The molecule has 1 fully saturated rings. The third kappa shape index (κ3) is 3.07. The fourth-order valence-electron chi connectivity index (χ4n) is 1.29. The van der Waals surface area contributed by atoms with Crippen LogP contribution in [0.25, 0.3) is 0 Å². The van der Waals surface area contributed by atoms with Crippen molar-refractivity contribution in [3.05, 3.63) is 18.0 Å². The molecule has 2 rings (SSSR count). The van der Waals surface area contributed by atoms with Gasteiger partial charge in [-0.2, -0.15) is 5.26 Å². The van der Waals surface area contributed by atoms with Gasteiger partial charge in [-0.15, -0.1) is 0 Å². The van der Waals surface area contributed by atoms with Gasteiger partial charge < -0.3 is 4.74 Å². The van der Waals surface area contributed by atoms with E-state index in [-0.39, 0.29) is 17.4 Å². The van der Waals surface area contributed by atoms with Crippen molar-refractivity contribution in [3.8, 4) is 11.8 Å². The average Bonchev–Trinajstić information content (AvgIpc) is 2.99. The number of pyridine rings is 1. The van der Waals surface area contributed by atoms with Crippen molar-refractivity contribution >= 4 is 15.7 Å². The van der Waals surface area contributed by atoms with E-state index in [4.69, 9.17) is 10.00 Å². The monoisotopic (exact) mass is 253 g/mol. The van der Waals surface area contributed by atoms with Crippen molar-refractivity contribution in [1.29, 1.82) is 5.26 Å². The van der Waals surface area contributed by atoms with Crippen molar-refractivity contribution in [2.24, 2.45) is 0 Å². The lowest BCUT2D eigenvalue weighted by atomic mass is 10.2. The minimum absolute atomic E-state index is 0.123. The van der Waals surface area contributed by atoms with Gasteiger partial charge in [-0.1, -0.05) is 0 Å². The summed E-state index contributed by atoms with van der Waals surface area (Å²) in [6.07, 6.45) is 5.76. The molecule has 1 N–H and O–H groups in total. The zero-order valence-electron chi connectivity index (χ0n) is 9.17. The number of nitrogens with zero attached hydrogens (tertiary/aromatic N) is 2. The number of ether oxygens (including phenoxy) is 1. The van der Waals surface area contributed by atoms with Crippen LogP contribution in [-0.2, 0) is 10.0 Å². The van der Waals surface area contributed by atoms with E-state index in [1.807, 2.05) is 6.07 Å². The minimum Gasteiger partial charge on any atom is -0.487 e. The fourth-order valence-corrected chi connectivity index (χ4v) is 1.84. The van der Waals surface area contributed by atoms with E-state index >= 15 is 0 Å². The molecule has 0 bridgehead atoms. The van der Waals surface area contributed by atoms with Crippen molar-refractivity contribution in [1.82, 2.24) is 4.98 Å². The van der Waals surface area contributed by atoms with Gasteiger partial charge in [0.1, 0.15) is 11.6 Å². The predicted molar refractivity (Wildman–Crippen MR) is 61.1 cm³/mol. The molecule has 0 saturated heterocycles. The van der Waals surface area contributed by atoms with E-state index in [0.717, 1.165) is 19.1 Å². The summed E-state index contributed by atoms with van der Waals surface area (Å²) >= 11 is 0. The number of sulfonamides is 1. The molecule has 1 aliphatic carbocycles. The number of hydrogen-bond donors (Lipinski definition) is 1. The first-order valence-electron chi connectivity index (χ1n) is 5.02. The molecule has 1 heterocycles. The zero-order valence-corrected chi connectivity index (χ0v) is 9.99. The van der Waals surface area contributed by atoms with Crippen LogP contribution in [-0.4, -0.2) is 25.8 Å². The van der Waals surface area contributed by atoms with Gasteiger partial charge in [-0.25, -0.2) is 8.42 Å². The van der Waals surface area contributed by atoms with Gasteiger partial charge in [-0.05, 0) is 12.8 Å². The standard InChI is InChI=1S/C10H11N3O3S/c1-17(14,15)13-9-5-12-6-10(8(9)4-11)16-7-2-3-7/h5-7,13H,2-3H2,1H3. The number of aromatic nitrogens is 1. The van der Waals surface area contributed by atoms with Crippen LogP contribution >= 0.6 is 0 Å². The summed E-state index contributed by atoms with van der Waals surface area (Å²) in [5.74, 6) is 0.323. The summed E-state index contributed by atoms with van der Waals surface area (Å²) in [7, 11) is -3.44. The molecule has 0 unspecified atom stereocenters. The van der Waals surface area contributed by atoms with Gasteiger partial charge >= 0.3 is 0 Å². The Labute approximate surface area is 99.3 Å². The SMILES string of the molecule is CS(=O)(=O)Nc1cncc(OC2CC2)c1C#N. The molecule has 0 spiro atoms. The van der Waals surface area contributed by atoms with E-state index in [2.05, 4.69) is 9.71 Å². The first-order chi connectivity index (χ1) is 7.99. The average molecular weight is 253 g/mol. The van der Waals surface area contributed by atoms with Gasteiger partial charge in [0.25, 0.3) is 0 Å². The van der Waals surface area contributed by atoms with Crippen LogP contribution in [0.4, 0.5) is 5.69 Å². The molecule has 0 radical (unpaired) electrons. The maximum atomic E-state index is 11.1. The summed E-state index contributed by atoms with van der Waals surface area (Å²) in [6, 6.07) is 1.93. The van der Waals surface area contributed by atoms with Crippen LogP contribution in [0.3, 0.4) is 0 Å². The maximum absolute atomic E-state index is 11.1. The summed E-state index contributed by atoms with van der Waals surface area (Å²) in [4.78, 5) is 3.86. The summed E-state index contributed by atoms with van der Waals surface area (Å²) in [5, 5.41) is 9.04. The Balaban J connectivity index is 2.35. The van der Waals surface area contributed by atoms with Crippen LogP contribution in [0.2, 0.25) is 0 Å². The fraction of sp³-hybridized carbons (Fsp3) is 0.400. The number of nitriles is 1. The Morgan fingerprint density at radius 3 is 2.76 bits per heavy atom. The normalized spacial score (nSPS) is 15.1. The molecule has 90 valence electrons. The topological polar surface area (TPSA) is 92.1 Å². The molecule has 6 nitrogen and oxygen atoms in total. The second-order valence-corrected chi connectivity index (χ2v) is 5.61.